The Bertz CT molecular complexity index is 626. The molecule has 0 aromatic heterocycles. The van der Waals surface area contributed by atoms with Gasteiger partial charge in [0.2, 0.25) is 5.91 Å². The van der Waals surface area contributed by atoms with Crippen LogP contribution in [0.25, 0.3) is 0 Å². The van der Waals surface area contributed by atoms with Crippen molar-refractivity contribution in [1.82, 2.24) is 0 Å². The van der Waals surface area contributed by atoms with Gasteiger partial charge in [0.15, 0.2) is 0 Å². The zero-order valence-electron chi connectivity index (χ0n) is 12.4. The molecule has 0 atom stereocenters. The lowest BCUT2D eigenvalue weighted by Gasteiger charge is -2.24. The highest BCUT2D eigenvalue weighted by Crippen LogP contribution is 2.22. The highest BCUT2D eigenvalue weighted by atomic mass is 16.5. The molecule has 0 saturated carbocycles. The molecule has 2 aromatic carbocycles. The van der Waals surface area contributed by atoms with E-state index >= 15 is 0 Å². The Labute approximate surface area is 125 Å². The molecule has 110 valence electrons. The van der Waals surface area contributed by atoms with Crippen LogP contribution in [-0.4, -0.2) is 19.6 Å². The first-order valence-corrected chi connectivity index (χ1v) is 6.91. The molecular weight excluding hydrogens is 264 g/mol. The third-order valence-electron chi connectivity index (χ3n) is 3.39. The highest BCUT2D eigenvalue weighted by molar-refractivity contribution is 5.92. The number of carbonyl (C=O) groups is 1. The van der Waals surface area contributed by atoms with Crippen LogP contribution in [0.1, 0.15) is 22.8 Å². The topological polar surface area (TPSA) is 55.6 Å². The first kappa shape index (κ1) is 14.9. The summed E-state index contributed by atoms with van der Waals surface area (Å²) >= 11 is 0. The van der Waals surface area contributed by atoms with Crippen molar-refractivity contribution >= 4 is 11.6 Å². The minimum absolute atomic E-state index is 0.402. The van der Waals surface area contributed by atoms with Crippen molar-refractivity contribution in [3.63, 3.8) is 0 Å². The fraction of sp³-hybridized carbons (Fsp3) is 0.235. The first-order chi connectivity index (χ1) is 10.1. The molecule has 2 rings (SSSR count). The van der Waals surface area contributed by atoms with Crippen molar-refractivity contribution < 1.29 is 9.53 Å². The zero-order chi connectivity index (χ0) is 15.2. The van der Waals surface area contributed by atoms with Gasteiger partial charge in [0.1, 0.15) is 5.75 Å². The standard InChI is InChI=1S/C17H20N2O2/c1-3-19(15-8-5-9-16(11-15)21-2)12-13-6-4-7-14(10-13)17(18)20/h4-11H,3,12H2,1-2H3,(H2,18,20). The molecule has 0 unspecified atom stereocenters. The van der Waals surface area contributed by atoms with Crippen LogP contribution < -0.4 is 15.4 Å². The van der Waals surface area contributed by atoms with E-state index in [4.69, 9.17) is 10.5 Å². The van der Waals surface area contributed by atoms with E-state index in [0.717, 1.165) is 23.5 Å². The second-order valence-electron chi connectivity index (χ2n) is 4.78. The van der Waals surface area contributed by atoms with Gasteiger partial charge in [-0.05, 0) is 36.8 Å². The van der Waals surface area contributed by atoms with E-state index in [9.17, 15) is 4.79 Å². The molecule has 0 spiro atoms. The van der Waals surface area contributed by atoms with E-state index < -0.39 is 5.91 Å². The Morgan fingerprint density at radius 1 is 1.19 bits per heavy atom. The number of ether oxygens (including phenoxy) is 1. The Morgan fingerprint density at radius 3 is 2.62 bits per heavy atom. The number of hydrogen-bond donors (Lipinski definition) is 1. The average Bonchev–Trinajstić information content (AvgIpc) is 2.53. The number of anilines is 1. The molecule has 0 aliphatic carbocycles. The van der Waals surface area contributed by atoms with Crippen molar-refractivity contribution in [3.8, 4) is 5.75 Å². The molecule has 0 radical (unpaired) electrons. The molecule has 0 bridgehead atoms. The fourth-order valence-electron chi connectivity index (χ4n) is 2.24. The number of carbonyl (C=O) groups excluding carboxylic acids is 1. The molecule has 4 nitrogen and oxygen atoms in total. The quantitative estimate of drug-likeness (QED) is 0.887. The van der Waals surface area contributed by atoms with Gasteiger partial charge in [0.05, 0.1) is 7.11 Å². The lowest BCUT2D eigenvalue weighted by molar-refractivity contribution is 0.1000. The lowest BCUT2D eigenvalue weighted by Crippen LogP contribution is -2.22. The van der Waals surface area contributed by atoms with Crippen LogP contribution in [0.15, 0.2) is 48.5 Å². The summed E-state index contributed by atoms with van der Waals surface area (Å²) in [5.74, 6) is 0.429. The zero-order valence-corrected chi connectivity index (χ0v) is 12.4. The van der Waals surface area contributed by atoms with Crippen LogP contribution in [0.3, 0.4) is 0 Å². The molecule has 4 heteroatoms. The number of nitrogens with two attached hydrogens (primary N) is 1. The van der Waals surface area contributed by atoms with Gasteiger partial charge < -0.3 is 15.4 Å². The Balaban J connectivity index is 2.22. The summed E-state index contributed by atoms with van der Waals surface area (Å²) in [6.07, 6.45) is 0. The summed E-state index contributed by atoms with van der Waals surface area (Å²) in [7, 11) is 1.66. The molecule has 0 aliphatic rings. The molecule has 0 heterocycles. The minimum Gasteiger partial charge on any atom is -0.497 e. The van der Waals surface area contributed by atoms with Crippen LogP contribution >= 0.6 is 0 Å². The van der Waals surface area contributed by atoms with E-state index in [1.54, 1.807) is 13.2 Å². The third-order valence-corrected chi connectivity index (χ3v) is 3.39. The molecule has 21 heavy (non-hydrogen) atoms. The van der Waals surface area contributed by atoms with Gasteiger partial charge >= 0.3 is 0 Å². The van der Waals surface area contributed by atoms with Gasteiger partial charge in [-0.25, -0.2) is 0 Å². The van der Waals surface area contributed by atoms with Gasteiger partial charge in [0.25, 0.3) is 0 Å². The number of hydrogen-bond acceptors (Lipinski definition) is 3. The molecule has 2 N–H and O–H groups in total. The molecule has 0 aliphatic heterocycles. The fourth-order valence-corrected chi connectivity index (χ4v) is 2.24. The molecule has 0 saturated heterocycles. The molecular formula is C17H20N2O2. The normalized spacial score (nSPS) is 10.2. The Morgan fingerprint density at radius 2 is 1.95 bits per heavy atom. The first-order valence-electron chi connectivity index (χ1n) is 6.91. The van der Waals surface area contributed by atoms with Crippen LogP contribution in [0, 0.1) is 0 Å². The maximum absolute atomic E-state index is 11.3. The van der Waals surface area contributed by atoms with Crippen LogP contribution in [0.2, 0.25) is 0 Å². The van der Waals surface area contributed by atoms with Crippen molar-refractivity contribution in [2.45, 2.75) is 13.5 Å². The van der Waals surface area contributed by atoms with Gasteiger partial charge in [-0.1, -0.05) is 18.2 Å². The van der Waals surface area contributed by atoms with Crippen molar-refractivity contribution in [2.75, 3.05) is 18.6 Å². The summed E-state index contributed by atoms with van der Waals surface area (Å²) < 4.78 is 5.26. The van der Waals surface area contributed by atoms with Crippen molar-refractivity contribution in [2.24, 2.45) is 5.73 Å². The molecule has 1 amide bonds. The summed E-state index contributed by atoms with van der Waals surface area (Å²) in [6.45, 7) is 3.66. The van der Waals surface area contributed by atoms with E-state index in [1.165, 1.54) is 0 Å². The van der Waals surface area contributed by atoms with E-state index in [-0.39, 0.29) is 0 Å². The van der Waals surface area contributed by atoms with Crippen LogP contribution in [-0.2, 0) is 6.54 Å². The predicted octanol–water partition coefficient (Wildman–Crippen LogP) is 2.82. The van der Waals surface area contributed by atoms with Crippen molar-refractivity contribution in [3.05, 3.63) is 59.7 Å². The lowest BCUT2D eigenvalue weighted by atomic mass is 10.1. The monoisotopic (exact) mass is 284 g/mol. The summed E-state index contributed by atoms with van der Waals surface area (Å²) in [4.78, 5) is 13.5. The third kappa shape index (κ3) is 3.75. The van der Waals surface area contributed by atoms with Gasteiger partial charge in [-0.3, -0.25) is 4.79 Å². The number of benzene rings is 2. The highest BCUT2D eigenvalue weighted by Gasteiger charge is 2.08. The molecule has 0 fully saturated rings. The number of rotatable bonds is 6. The summed E-state index contributed by atoms with van der Waals surface area (Å²) in [5, 5.41) is 0. The summed E-state index contributed by atoms with van der Waals surface area (Å²) in [5.41, 5.74) is 8.00. The minimum atomic E-state index is -0.402. The maximum Gasteiger partial charge on any atom is 0.248 e. The van der Waals surface area contributed by atoms with E-state index in [0.29, 0.717) is 12.1 Å². The Kier molecular flexibility index (Phi) is 4.82. The van der Waals surface area contributed by atoms with Gasteiger partial charge in [-0.15, -0.1) is 0 Å². The van der Waals surface area contributed by atoms with E-state index in [1.807, 2.05) is 42.5 Å². The van der Waals surface area contributed by atoms with Gasteiger partial charge in [0, 0.05) is 30.4 Å². The number of amides is 1. The van der Waals surface area contributed by atoms with Gasteiger partial charge in [-0.2, -0.15) is 0 Å². The largest absolute Gasteiger partial charge is 0.497 e. The number of nitrogens with zero attached hydrogens (tertiary/aromatic N) is 1. The number of methoxy groups -OCH3 is 1. The predicted molar refractivity (Wildman–Crippen MR) is 84.7 cm³/mol. The smallest absolute Gasteiger partial charge is 0.248 e. The van der Waals surface area contributed by atoms with E-state index in [2.05, 4.69) is 11.8 Å². The van der Waals surface area contributed by atoms with Crippen molar-refractivity contribution in [1.29, 1.82) is 0 Å². The number of primary amides is 1. The Hall–Kier alpha value is -2.49. The second-order valence-corrected chi connectivity index (χ2v) is 4.78. The SMILES string of the molecule is CCN(Cc1cccc(C(N)=O)c1)c1cccc(OC)c1. The molecule has 2 aromatic rings. The second kappa shape index (κ2) is 6.79. The average molecular weight is 284 g/mol. The summed E-state index contributed by atoms with van der Waals surface area (Å²) in [6, 6.07) is 15.4. The maximum atomic E-state index is 11.3. The van der Waals surface area contributed by atoms with Crippen LogP contribution in [0.5, 0.6) is 5.75 Å². The van der Waals surface area contributed by atoms with Crippen LogP contribution in [0.4, 0.5) is 5.69 Å².